The predicted molar refractivity (Wildman–Crippen MR) is 170 cm³/mol. The highest BCUT2D eigenvalue weighted by atomic mass is 19.4. The van der Waals surface area contributed by atoms with E-state index in [1.807, 2.05) is 30.3 Å². The molecule has 49 heavy (non-hydrogen) atoms. The largest absolute Gasteiger partial charge is 0.416 e. The van der Waals surface area contributed by atoms with Gasteiger partial charge in [0.1, 0.15) is 12.1 Å². The molecule has 3 aromatic rings. The van der Waals surface area contributed by atoms with E-state index >= 15 is 0 Å². The molecule has 2 atom stereocenters. The molecule has 0 aliphatic carbocycles. The minimum absolute atomic E-state index is 0.00301. The Morgan fingerprint density at radius 2 is 1.35 bits per heavy atom. The van der Waals surface area contributed by atoms with Crippen LogP contribution in [-0.4, -0.2) is 71.7 Å². The molecule has 9 nitrogen and oxygen atoms in total. The molecule has 0 saturated carbocycles. The van der Waals surface area contributed by atoms with Crippen molar-refractivity contribution in [1.82, 2.24) is 20.4 Å². The SMILES string of the molecule is C[C@H](NC(=O)CN(CC(=O)N1CCCCC1)Cc1cc(C(F)(F)F)cc(C(F)(F)F)c1)C(=O)N[C@H](C)C(=O)Nc1cccc2ccccc12. The van der Waals surface area contributed by atoms with Crippen LogP contribution >= 0.6 is 0 Å². The number of halogens is 6. The maximum absolute atomic E-state index is 13.5. The van der Waals surface area contributed by atoms with Gasteiger partial charge in [-0.1, -0.05) is 36.4 Å². The van der Waals surface area contributed by atoms with E-state index in [0.717, 1.165) is 34.9 Å². The molecule has 0 unspecified atom stereocenters. The summed E-state index contributed by atoms with van der Waals surface area (Å²) in [5.74, 6) is -2.50. The summed E-state index contributed by atoms with van der Waals surface area (Å²) in [6.45, 7) is 1.99. The number of benzene rings is 3. The van der Waals surface area contributed by atoms with Gasteiger partial charge in [-0.2, -0.15) is 26.3 Å². The fourth-order valence-electron chi connectivity index (χ4n) is 5.51. The Kier molecular flexibility index (Phi) is 11.9. The van der Waals surface area contributed by atoms with Gasteiger partial charge in [-0.3, -0.25) is 24.1 Å². The summed E-state index contributed by atoms with van der Waals surface area (Å²) in [4.78, 5) is 54.5. The van der Waals surface area contributed by atoms with Crippen LogP contribution in [0.25, 0.3) is 10.8 Å². The third kappa shape index (κ3) is 10.4. The third-order valence-electron chi connectivity index (χ3n) is 8.06. The van der Waals surface area contributed by atoms with E-state index in [0.29, 0.717) is 30.9 Å². The zero-order valence-corrected chi connectivity index (χ0v) is 26.9. The van der Waals surface area contributed by atoms with Crippen LogP contribution in [0.4, 0.5) is 32.0 Å². The first kappa shape index (κ1) is 37.2. The number of nitrogens with one attached hydrogen (secondary N) is 3. The van der Waals surface area contributed by atoms with Crippen LogP contribution in [0.2, 0.25) is 0 Å². The highest BCUT2D eigenvalue weighted by Gasteiger charge is 2.37. The molecule has 1 heterocycles. The number of fused-ring (bicyclic) bond motifs is 1. The van der Waals surface area contributed by atoms with Gasteiger partial charge in [-0.15, -0.1) is 0 Å². The summed E-state index contributed by atoms with van der Waals surface area (Å²) >= 11 is 0. The number of amides is 4. The minimum Gasteiger partial charge on any atom is -0.343 e. The number of rotatable bonds is 11. The number of anilines is 1. The second-order valence-electron chi connectivity index (χ2n) is 12.0. The quantitative estimate of drug-likeness (QED) is 0.235. The maximum Gasteiger partial charge on any atom is 0.416 e. The summed E-state index contributed by atoms with van der Waals surface area (Å²) in [7, 11) is 0. The molecule has 3 N–H and O–H groups in total. The van der Waals surface area contributed by atoms with Crippen molar-refractivity contribution in [2.45, 2.75) is 64.1 Å². The summed E-state index contributed by atoms with van der Waals surface area (Å²) < 4.78 is 81.0. The first-order valence-corrected chi connectivity index (χ1v) is 15.7. The molecule has 0 radical (unpaired) electrons. The Labute approximate surface area is 279 Å². The zero-order chi connectivity index (χ0) is 35.9. The second-order valence-corrected chi connectivity index (χ2v) is 12.0. The maximum atomic E-state index is 13.5. The van der Waals surface area contributed by atoms with Crippen LogP contribution in [0.3, 0.4) is 0 Å². The van der Waals surface area contributed by atoms with Crippen molar-refractivity contribution in [3.63, 3.8) is 0 Å². The normalized spacial score (nSPS) is 15.1. The van der Waals surface area contributed by atoms with Crippen molar-refractivity contribution in [3.05, 3.63) is 77.4 Å². The molecule has 0 bridgehead atoms. The van der Waals surface area contributed by atoms with Gasteiger partial charge in [0.05, 0.1) is 24.2 Å². The molecule has 3 aromatic carbocycles. The van der Waals surface area contributed by atoms with E-state index in [4.69, 9.17) is 0 Å². The van der Waals surface area contributed by atoms with E-state index in [1.165, 1.54) is 18.7 Å². The van der Waals surface area contributed by atoms with Crippen LogP contribution in [0.1, 0.15) is 49.8 Å². The average Bonchev–Trinajstić information content (AvgIpc) is 3.04. The van der Waals surface area contributed by atoms with Crippen molar-refractivity contribution >= 4 is 40.1 Å². The number of hydrogen-bond acceptors (Lipinski definition) is 5. The van der Waals surface area contributed by atoms with Gasteiger partial charge in [0, 0.05) is 30.7 Å². The number of carbonyl (C=O) groups excluding carboxylic acids is 4. The Bertz CT molecular complexity index is 1640. The molecular weight excluding hydrogens is 656 g/mol. The van der Waals surface area contributed by atoms with Gasteiger partial charge in [-0.25, -0.2) is 0 Å². The lowest BCUT2D eigenvalue weighted by molar-refractivity contribution is -0.143. The monoisotopic (exact) mass is 693 g/mol. The molecule has 1 fully saturated rings. The third-order valence-corrected chi connectivity index (χ3v) is 8.06. The smallest absolute Gasteiger partial charge is 0.343 e. The highest BCUT2D eigenvalue weighted by Crippen LogP contribution is 2.36. The van der Waals surface area contributed by atoms with E-state index < -0.39 is 84.4 Å². The van der Waals surface area contributed by atoms with E-state index in [2.05, 4.69) is 16.0 Å². The molecule has 264 valence electrons. The number of likely N-dealkylation sites (tertiary alicyclic amines) is 1. The topological polar surface area (TPSA) is 111 Å². The summed E-state index contributed by atoms with van der Waals surface area (Å²) in [5.41, 5.74) is -2.91. The standard InChI is InChI=1S/C34H37F6N5O4/c1-21(31(48)42-22(2)32(49)43-28-12-8-10-24-9-4-5-11-27(24)28)41-29(46)19-44(20-30(47)45-13-6-3-7-14-45)18-23-15-25(33(35,36)37)17-26(16-23)34(38,39)40/h4-5,8-12,15-17,21-22H,3,6-7,13-14,18-20H2,1-2H3,(H,41,46)(H,42,48)(H,43,49)/t21-,22+/m0/s1. The molecule has 1 saturated heterocycles. The first-order chi connectivity index (χ1) is 23.0. The van der Waals surface area contributed by atoms with E-state index in [1.54, 1.807) is 12.1 Å². The van der Waals surface area contributed by atoms with Crippen molar-refractivity contribution in [2.24, 2.45) is 0 Å². The molecule has 1 aliphatic heterocycles. The van der Waals surface area contributed by atoms with Gasteiger partial charge in [0.2, 0.25) is 23.6 Å². The van der Waals surface area contributed by atoms with Gasteiger partial charge < -0.3 is 20.9 Å². The highest BCUT2D eigenvalue weighted by molar-refractivity contribution is 6.04. The van der Waals surface area contributed by atoms with Crippen LogP contribution in [0.5, 0.6) is 0 Å². The van der Waals surface area contributed by atoms with Crippen LogP contribution in [0.15, 0.2) is 60.7 Å². The van der Waals surface area contributed by atoms with E-state index in [9.17, 15) is 45.5 Å². The number of carbonyl (C=O) groups is 4. The summed E-state index contributed by atoms with van der Waals surface area (Å²) in [6, 6.07) is 11.6. The minimum atomic E-state index is -5.08. The Hall–Kier alpha value is -4.66. The van der Waals surface area contributed by atoms with Crippen molar-refractivity contribution < 1.29 is 45.5 Å². The van der Waals surface area contributed by atoms with Gasteiger partial charge in [0.15, 0.2) is 0 Å². The lowest BCUT2D eigenvalue weighted by Crippen LogP contribution is -2.52. The Morgan fingerprint density at radius 1 is 0.755 bits per heavy atom. The van der Waals surface area contributed by atoms with Crippen LogP contribution in [-0.2, 0) is 38.1 Å². The fraction of sp³-hybridized carbons (Fsp3) is 0.412. The second kappa shape index (κ2) is 15.7. The molecule has 4 amide bonds. The van der Waals surface area contributed by atoms with Crippen molar-refractivity contribution in [2.75, 3.05) is 31.5 Å². The van der Waals surface area contributed by atoms with Gasteiger partial charge >= 0.3 is 12.4 Å². The summed E-state index contributed by atoms with van der Waals surface area (Å²) in [5, 5.41) is 9.39. The van der Waals surface area contributed by atoms with Gasteiger partial charge in [0.25, 0.3) is 0 Å². The average molecular weight is 694 g/mol. The lowest BCUT2D eigenvalue weighted by atomic mass is 10.0. The van der Waals surface area contributed by atoms with Crippen molar-refractivity contribution in [3.8, 4) is 0 Å². The Balaban J connectivity index is 1.43. The molecule has 0 aromatic heterocycles. The summed E-state index contributed by atoms with van der Waals surface area (Å²) in [6.07, 6.45) is -7.77. The zero-order valence-electron chi connectivity index (χ0n) is 26.9. The number of hydrogen-bond donors (Lipinski definition) is 3. The number of alkyl halides is 6. The number of piperidine rings is 1. The predicted octanol–water partition coefficient (Wildman–Crippen LogP) is 5.34. The fourth-order valence-corrected chi connectivity index (χ4v) is 5.51. The molecular formula is C34H37F6N5O4. The molecule has 1 aliphatic rings. The molecule has 15 heteroatoms. The Morgan fingerprint density at radius 3 is 1.98 bits per heavy atom. The van der Waals surface area contributed by atoms with Crippen molar-refractivity contribution in [1.29, 1.82) is 0 Å². The number of nitrogens with zero attached hydrogens (tertiary/aromatic N) is 2. The van der Waals surface area contributed by atoms with Crippen LogP contribution in [0, 0.1) is 0 Å². The lowest BCUT2D eigenvalue weighted by Gasteiger charge is -2.30. The first-order valence-electron chi connectivity index (χ1n) is 15.7. The van der Waals surface area contributed by atoms with Gasteiger partial charge in [-0.05, 0) is 68.3 Å². The molecule has 0 spiro atoms. The van der Waals surface area contributed by atoms with Crippen LogP contribution < -0.4 is 16.0 Å². The molecule has 4 rings (SSSR count). The van der Waals surface area contributed by atoms with E-state index in [-0.39, 0.29) is 6.07 Å².